The summed E-state index contributed by atoms with van der Waals surface area (Å²) >= 11 is 1.37. The van der Waals surface area contributed by atoms with Gasteiger partial charge in [0.2, 0.25) is 0 Å². The molecule has 100 valence electrons. The van der Waals surface area contributed by atoms with Crippen LogP contribution in [0.2, 0.25) is 0 Å². The number of carbonyl (C=O) groups excluding carboxylic acids is 1. The fourth-order valence-corrected chi connectivity index (χ4v) is 2.28. The van der Waals surface area contributed by atoms with Crippen molar-refractivity contribution in [2.45, 2.75) is 20.4 Å². The minimum atomic E-state index is -1.06. The Morgan fingerprint density at radius 3 is 2.79 bits per heavy atom. The lowest BCUT2D eigenvalue weighted by atomic mass is 10.4. The maximum absolute atomic E-state index is 12.0. The van der Waals surface area contributed by atoms with Gasteiger partial charge in [-0.05, 0) is 19.9 Å². The van der Waals surface area contributed by atoms with Gasteiger partial charge in [-0.2, -0.15) is 5.10 Å². The van der Waals surface area contributed by atoms with E-state index in [0.717, 1.165) is 15.3 Å². The third kappa shape index (κ3) is 2.97. The van der Waals surface area contributed by atoms with Crippen molar-refractivity contribution in [1.29, 1.82) is 0 Å². The summed E-state index contributed by atoms with van der Waals surface area (Å²) in [5.41, 5.74) is 1.05. The first-order chi connectivity index (χ1) is 8.97. The molecule has 0 unspecified atom stereocenters. The standard InChI is InChI=1S/C11H12N4O3S/c1-6-7(2)19-11(13-6)14-10(18)8-3-4-12-15(8)5-9(16)17/h3-4H,5H2,1-2H3,(H,16,17)(H,13,14,18). The number of carboxylic acid groups (broad SMARTS) is 1. The lowest BCUT2D eigenvalue weighted by Crippen LogP contribution is -2.20. The van der Waals surface area contributed by atoms with E-state index < -0.39 is 11.9 Å². The Morgan fingerprint density at radius 2 is 2.21 bits per heavy atom. The highest BCUT2D eigenvalue weighted by Crippen LogP contribution is 2.21. The van der Waals surface area contributed by atoms with Crippen molar-refractivity contribution in [3.63, 3.8) is 0 Å². The van der Waals surface area contributed by atoms with Crippen LogP contribution in [0.25, 0.3) is 0 Å². The Hall–Kier alpha value is -2.22. The van der Waals surface area contributed by atoms with E-state index in [9.17, 15) is 9.59 Å². The monoisotopic (exact) mass is 280 g/mol. The van der Waals surface area contributed by atoms with E-state index in [-0.39, 0.29) is 12.2 Å². The average Bonchev–Trinajstić information content (AvgIpc) is 2.86. The second-order valence-electron chi connectivity index (χ2n) is 3.88. The second kappa shape index (κ2) is 5.19. The Balaban J connectivity index is 2.16. The van der Waals surface area contributed by atoms with E-state index in [4.69, 9.17) is 5.11 Å². The van der Waals surface area contributed by atoms with Gasteiger partial charge in [-0.15, -0.1) is 11.3 Å². The molecule has 8 heteroatoms. The molecular formula is C11H12N4O3S. The number of rotatable bonds is 4. The maximum Gasteiger partial charge on any atom is 0.325 e. The van der Waals surface area contributed by atoms with Crippen LogP contribution >= 0.6 is 11.3 Å². The van der Waals surface area contributed by atoms with E-state index in [0.29, 0.717) is 5.13 Å². The SMILES string of the molecule is Cc1nc(NC(=O)c2ccnn2CC(=O)O)sc1C. The number of carboxylic acids is 1. The van der Waals surface area contributed by atoms with Crippen LogP contribution in [0.5, 0.6) is 0 Å². The zero-order valence-electron chi connectivity index (χ0n) is 10.4. The summed E-state index contributed by atoms with van der Waals surface area (Å²) in [4.78, 5) is 27.9. The second-order valence-corrected chi connectivity index (χ2v) is 5.09. The van der Waals surface area contributed by atoms with E-state index >= 15 is 0 Å². The number of aliphatic carboxylic acids is 1. The first-order valence-electron chi connectivity index (χ1n) is 5.46. The van der Waals surface area contributed by atoms with E-state index in [1.807, 2.05) is 13.8 Å². The molecule has 2 rings (SSSR count). The number of hydrogen-bond acceptors (Lipinski definition) is 5. The first-order valence-corrected chi connectivity index (χ1v) is 6.28. The lowest BCUT2D eigenvalue weighted by molar-refractivity contribution is -0.137. The highest BCUT2D eigenvalue weighted by atomic mass is 32.1. The number of aromatic nitrogens is 3. The average molecular weight is 280 g/mol. The lowest BCUT2D eigenvalue weighted by Gasteiger charge is -2.04. The maximum atomic E-state index is 12.0. The van der Waals surface area contributed by atoms with Gasteiger partial charge in [0.25, 0.3) is 5.91 Å². The summed E-state index contributed by atoms with van der Waals surface area (Å²) < 4.78 is 1.13. The van der Waals surface area contributed by atoms with Crippen LogP contribution in [0.4, 0.5) is 5.13 Å². The van der Waals surface area contributed by atoms with Gasteiger partial charge in [0.1, 0.15) is 12.2 Å². The van der Waals surface area contributed by atoms with Gasteiger partial charge in [-0.1, -0.05) is 0 Å². The molecule has 0 aliphatic carbocycles. The highest BCUT2D eigenvalue weighted by Gasteiger charge is 2.15. The molecule has 1 amide bonds. The molecule has 0 spiro atoms. The van der Waals surface area contributed by atoms with Crippen molar-refractivity contribution in [2.75, 3.05) is 5.32 Å². The molecule has 0 aliphatic rings. The summed E-state index contributed by atoms with van der Waals surface area (Å²) in [6.45, 7) is 3.42. The van der Waals surface area contributed by atoms with Gasteiger partial charge in [0.15, 0.2) is 5.13 Å². The molecule has 0 saturated carbocycles. The zero-order valence-corrected chi connectivity index (χ0v) is 11.2. The quantitative estimate of drug-likeness (QED) is 0.879. The predicted octanol–water partition coefficient (Wildman–Crippen LogP) is 1.29. The molecule has 2 aromatic heterocycles. The Bertz CT molecular complexity index is 612. The van der Waals surface area contributed by atoms with Crippen molar-refractivity contribution in [1.82, 2.24) is 14.8 Å². The molecular weight excluding hydrogens is 268 g/mol. The van der Waals surface area contributed by atoms with Gasteiger partial charge < -0.3 is 5.11 Å². The summed E-state index contributed by atoms with van der Waals surface area (Å²) in [7, 11) is 0. The number of carbonyl (C=O) groups is 2. The Kier molecular flexibility index (Phi) is 3.61. The molecule has 2 aromatic rings. The number of aryl methyl sites for hydroxylation is 2. The Morgan fingerprint density at radius 1 is 1.47 bits per heavy atom. The number of thiazole rings is 1. The number of nitrogens with one attached hydrogen (secondary N) is 1. The molecule has 0 fully saturated rings. The van der Waals surface area contributed by atoms with Crippen molar-refractivity contribution < 1.29 is 14.7 Å². The number of nitrogens with zero attached hydrogens (tertiary/aromatic N) is 3. The van der Waals surface area contributed by atoms with Crippen molar-refractivity contribution in [3.05, 3.63) is 28.5 Å². The van der Waals surface area contributed by atoms with Crippen molar-refractivity contribution in [3.8, 4) is 0 Å². The largest absolute Gasteiger partial charge is 0.480 e. The van der Waals surface area contributed by atoms with Gasteiger partial charge in [-0.3, -0.25) is 14.9 Å². The summed E-state index contributed by atoms with van der Waals surface area (Å²) in [5, 5.41) is 15.6. The van der Waals surface area contributed by atoms with Crippen LogP contribution in [0.1, 0.15) is 21.1 Å². The van der Waals surface area contributed by atoms with E-state index in [1.54, 1.807) is 0 Å². The summed E-state index contributed by atoms with van der Waals surface area (Å²) in [6.07, 6.45) is 1.39. The molecule has 7 nitrogen and oxygen atoms in total. The summed E-state index contributed by atoms with van der Waals surface area (Å²) in [5.74, 6) is -1.48. The minimum absolute atomic E-state index is 0.188. The topological polar surface area (TPSA) is 97.1 Å². The predicted molar refractivity (Wildman–Crippen MR) is 69.4 cm³/mol. The minimum Gasteiger partial charge on any atom is -0.480 e. The molecule has 0 aromatic carbocycles. The van der Waals surface area contributed by atoms with Crippen molar-refractivity contribution in [2.24, 2.45) is 0 Å². The van der Waals surface area contributed by atoms with E-state index in [1.165, 1.54) is 23.6 Å². The number of amides is 1. The third-order valence-corrected chi connectivity index (χ3v) is 3.47. The normalized spacial score (nSPS) is 10.4. The molecule has 0 bridgehead atoms. The molecule has 0 aliphatic heterocycles. The summed E-state index contributed by atoms with van der Waals surface area (Å²) in [6, 6.07) is 1.46. The molecule has 0 radical (unpaired) electrons. The highest BCUT2D eigenvalue weighted by molar-refractivity contribution is 7.15. The van der Waals surface area contributed by atoms with Crippen LogP contribution in [-0.4, -0.2) is 31.7 Å². The van der Waals surface area contributed by atoms with Gasteiger partial charge >= 0.3 is 5.97 Å². The van der Waals surface area contributed by atoms with Crippen LogP contribution in [0.3, 0.4) is 0 Å². The van der Waals surface area contributed by atoms with Crippen molar-refractivity contribution >= 4 is 28.3 Å². The smallest absolute Gasteiger partial charge is 0.325 e. The zero-order chi connectivity index (χ0) is 14.0. The fraction of sp³-hybridized carbons (Fsp3) is 0.273. The fourth-order valence-electron chi connectivity index (χ4n) is 1.47. The van der Waals surface area contributed by atoms with Gasteiger partial charge in [0, 0.05) is 11.1 Å². The number of hydrogen-bond donors (Lipinski definition) is 2. The van der Waals surface area contributed by atoms with Crippen LogP contribution in [0, 0.1) is 13.8 Å². The third-order valence-electron chi connectivity index (χ3n) is 2.48. The molecule has 2 heterocycles. The molecule has 0 saturated heterocycles. The van der Waals surface area contributed by atoms with Gasteiger partial charge in [-0.25, -0.2) is 9.67 Å². The number of anilines is 1. The van der Waals surface area contributed by atoms with Gasteiger partial charge in [0.05, 0.1) is 5.69 Å². The first kappa shape index (κ1) is 13.2. The van der Waals surface area contributed by atoms with Crippen LogP contribution < -0.4 is 5.32 Å². The van der Waals surface area contributed by atoms with E-state index in [2.05, 4.69) is 15.4 Å². The molecule has 2 N–H and O–H groups in total. The molecule has 19 heavy (non-hydrogen) atoms. The molecule has 0 atom stereocenters. The van der Waals surface area contributed by atoms with Crippen LogP contribution in [-0.2, 0) is 11.3 Å². The Labute approximate surface area is 112 Å². The van der Waals surface area contributed by atoms with Crippen LogP contribution in [0.15, 0.2) is 12.3 Å².